The number of hydrogen-bond acceptors (Lipinski definition) is 6. The summed E-state index contributed by atoms with van der Waals surface area (Å²) in [6.07, 6.45) is 0.0876. The lowest BCUT2D eigenvalue weighted by Gasteiger charge is -2.36. The molecule has 0 bridgehead atoms. The zero-order valence-electron chi connectivity index (χ0n) is 24.7. The molecule has 0 spiro atoms. The summed E-state index contributed by atoms with van der Waals surface area (Å²) < 4.78 is 10.9. The molecular weight excluding hydrogens is 566 g/mol. The Labute approximate surface area is 257 Å². The number of piperazine rings is 1. The third kappa shape index (κ3) is 6.39. The number of methoxy groups -OCH3 is 1. The predicted octanol–water partition coefficient (Wildman–Crippen LogP) is 5.66. The average Bonchev–Trinajstić information content (AvgIpc) is 3.03. The van der Waals surface area contributed by atoms with Crippen molar-refractivity contribution in [2.75, 3.05) is 44.8 Å². The minimum absolute atomic E-state index is 0.0512. The van der Waals surface area contributed by atoms with E-state index in [0.717, 1.165) is 22.6 Å². The predicted molar refractivity (Wildman–Crippen MR) is 166 cm³/mol. The Hall–Kier alpha value is -4.30. The third-order valence-electron chi connectivity index (χ3n) is 8.11. The number of anilines is 1. The Morgan fingerprint density at radius 3 is 2.40 bits per heavy atom. The van der Waals surface area contributed by atoms with Crippen molar-refractivity contribution >= 4 is 35.1 Å². The molecule has 0 saturated carbocycles. The van der Waals surface area contributed by atoms with Crippen LogP contribution in [0.15, 0.2) is 84.1 Å². The molecule has 1 atom stereocenters. The van der Waals surface area contributed by atoms with Crippen molar-refractivity contribution in [3.05, 3.63) is 106 Å². The van der Waals surface area contributed by atoms with Gasteiger partial charge < -0.3 is 24.2 Å². The van der Waals surface area contributed by atoms with Gasteiger partial charge in [0.1, 0.15) is 5.75 Å². The molecule has 2 heterocycles. The van der Waals surface area contributed by atoms with Crippen LogP contribution in [0.1, 0.15) is 47.7 Å². The van der Waals surface area contributed by atoms with Crippen molar-refractivity contribution in [1.29, 1.82) is 0 Å². The fraction of sp³-hybridized carbons (Fsp3) is 0.324. The highest BCUT2D eigenvalue weighted by Crippen LogP contribution is 2.40. The van der Waals surface area contributed by atoms with E-state index in [9.17, 15) is 14.4 Å². The maximum absolute atomic E-state index is 13.5. The molecule has 1 fully saturated rings. The highest BCUT2D eigenvalue weighted by molar-refractivity contribution is 6.31. The number of amides is 2. The minimum Gasteiger partial charge on any atom is -0.495 e. The van der Waals surface area contributed by atoms with Gasteiger partial charge in [0.05, 0.1) is 31.5 Å². The van der Waals surface area contributed by atoms with Crippen molar-refractivity contribution < 1.29 is 23.9 Å². The highest BCUT2D eigenvalue weighted by Gasteiger charge is 2.37. The first-order valence-corrected chi connectivity index (χ1v) is 14.9. The van der Waals surface area contributed by atoms with Gasteiger partial charge in [-0.3, -0.25) is 9.59 Å². The molecule has 1 saturated heterocycles. The summed E-state index contributed by atoms with van der Waals surface area (Å²) in [5.41, 5.74) is 4.06. The molecule has 0 radical (unpaired) electrons. The number of hydrogen-bond donors (Lipinski definition) is 0. The molecule has 0 aromatic heterocycles. The van der Waals surface area contributed by atoms with E-state index in [1.54, 1.807) is 38.0 Å². The standard InChI is InChI=1S/C34H36ClN3O5/c1-4-43-34(41)32-23(2)38(31(39)21-27(32)26-12-5-6-13-28(26)35)22-24-10-9-11-25(20-24)33(40)37-18-16-36(17-19-37)29-14-7-8-15-30(29)42-3/h5-15,20,27H,4,16-19,21-22H2,1-3H3. The SMILES string of the molecule is CCOC(=O)C1=C(C)N(Cc2cccc(C(=O)N3CCN(c4ccccc4OC)CC3)c2)C(=O)CC1c1ccccc1Cl. The van der Waals surface area contributed by atoms with E-state index in [0.29, 0.717) is 48.0 Å². The molecule has 5 rings (SSSR count). The third-order valence-corrected chi connectivity index (χ3v) is 8.45. The largest absolute Gasteiger partial charge is 0.495 e. The van der Waals surface area contributed by atoms with Crippen LogP contribution < -0.4 is 9.64 Å². The smallest absolute Gasteiger partial charge is 0.336 e. The molecule has 1 unspecified atom stereocenters. The second-order valence-corrected chi connectivity index (χ2v) is 11.0. The first kappa shape index (κ1) is 30.2. The van der Waals surface area contributed by atoms with E-state index in [-0.39, 0.29) is 31.4 Å². The van der Waals surface area contributed by atoms with E-state index < -0.39 is 11.9 Å². The Balaban J connectivity index is 1.33. The van der Waals surface area contributed by atoms with Gasteiger partial charge in [0.2, 0.25) is 5.91 Å². The zero-order chi connectivity index (χ0) is 30.5. The first-order chi connectivity index (χ1) is 20.8. The maximum Gasteiger partial charge on any atom is 0.336 e. The Bertz CT molecular complexity index is 1550. The lowest BCUT2D eigenvalue weighted by molar-refractivity contribution is -0.140. The summed E-state index contributed by atoms with van der Waals surface area (Å²) in [6, 6.07) is 22.5. The molecular formula is C34H36ClN3O5. The van der Waals surface area contributed by atoms with Gasteiger partial charge in [0, 0.05) is 54.8 Å². The van der Waals surface area contributed by atoms with Crippen molar-refractivity contribution in [2.45, 2.75) is 32.7 Å². The van der Waals surface area contributed by atoms with Crippen LogP contribution in [0.3, 0.4) is 0 Å². The van der Waals surface area contributed by atoms with Gasteiger partial charge in [-0.1, -0.05) is 54.1 Å². The molecule has 9 heteroatoms. The van der Waals surface area contributed by atoms with Gasteiger partial charge in [0.15, 0.2) is 0 Å². The highest BCUT2D eigenvalue weighted by atomic mass is 35.5. The molecule has 3 aromatic carbocycles. The quantitative estimate of drug-likeness (QED) is 0.310. The van der Waals surface area contributed by atoms with E-state index in [1.165, 1.54) is 0 Å². The topological polar surface area (TPSA) is 79.4 Å². The summed E-state index contributed by atoms with van der Waals surface area (Å²) in [4.78, 5) is 45.8. The number of benzene rings is 3. The maximum atomic E-state index is 13.5. The van der Waals surface area contributed by atoms with Crippen LogP contribution >= 0.6 is 11.6 Å². The molecule has 0 N–H and O–H groups in total. The lowest BCUT2D eigenvalue weighted by Crippen LogP contribution is -2.48. The van der Waals surface area contributed by atoms with E-state index in [2.05, 4.69) is 4.90 Å². The van der Waals surface area contributed by atoms with Gasteiger partial charge in [-0.05, 0) is 55.3 Å². The van der Waals surface area contributed by atoms with Crippen molar-refractivity contribution in [3.63, 3.8) is 0 Å². The van der Waals surface area contributed by atoms with Gasteiger partial charge in [-0.25, -0.2) is 4.79 Å². The summed E-state index contributed by atoms with van der Waals surface area (Å²) in [5.74, 6) is -0.321. The molecule has 2 amide bonds. The number of nitrogens with zero attached hydrogens (tertiary/aromatic N) is 3. The minimum atomic E-state index is -0.501. The van der Waals surface area contributed by atoms with E-state index in [4.69, 9.17) is 21.1 Å². The monoisotopic (exact) mass is 601 g/mol. The second-order valence-electron chi connectivity index (χ2n) is 10.6. The van der Waals surface area contributed by atoms with Gasteiger partial charge in [0.25, 0.3) is 5.91 Å². The number of allylic oxidation sites excluding steroid dienone is 1. The summed E-state index contributed by atoms with van der Waals surface area (Å²) in [7, 11) is 1.66. The number of carbonyl (C=O) groups excluding carboxylic acids is 3. The van der Waals surface area contributed by atoms with Crippen molar-refractivity contribution in [3.8, 4) is 5.75 Å². The summed E-state index contributed by atoms with van der Waals surface area (Å²) >= 11 is 6.49. The van der Waals surface area contributed by atoms with Crippen LogP contribution in [0, 0.1) is 0 Å². The molecule has 2 aliphatic heterocycles. The summed E-state index contributed by atoms with van der Waals surface area (Å²) in [5, 5.41) is 0.498. The molecule has 2 aliphatic rings. The molecule has 43 heavy (non-hydrogen) atoms. The first-order valence-electron chi connectivity index (χ1n) is 14.5. The average molecular weight is 602 g/mol. The zero-order valence-corrected chi connectivity index (χ0v) is 25.5. The van der Waals surface area contributed by atoms with Crippen LogP contribution in [-0.4, -0.2) is 67.5 Å². The Kier molecular flexibility index (Phi) is 9.36. The molecule has 224 valence electrons. The van der Waals surface area contributed by atoms with Crippen LogP contribution in [0.25, 0.3) is 0 Å². The number of carbonyl (C=O) groups is 3. The van der Waals surface area contributed by atoms with Gasteiger partial charge in [-0.15, -0.1) is 0 Å². The number of para-hydroxylation sites is 2. The summed E-state index contributed by atoms with van der Waals surface area (Å²) in [6.45, 7) is 6.53. The van der Waals surface area contributed by atoms with Gasteiger partial charge >= 0.3 is 5.97 Å². The van der Waals surface area contributed by atoms with Crippen LogP contribution in [0.5, 0.6) is 5.75 Å². The molecule has 8 nitrogen and oxygen atoms in total. The second kappa shape index (κ2) is 13.3. The van der Waals surface area contributed by atoms with Gasteiger partial charge in [-0.2, -0.15) is 0 Å². The molecule has 3 aromatic rings. The normalized spacial score (nSPS) is 17.3. The van der Waals surface area contributed by atoms with E-state index in [1.807, 2.05) is 65.6 Å². The fourth-order valence-corrected chi connectivity index (χ4v) is 6.18. The Morgan fingerprint density at radius 1 is 0.953 bits per heavy atom. The van der Waals surface area contributed by atoms with Crippen molar-refractivity contribution in [1.82, 2.24) is 9.80 Å². The molecule has 0 aliphatic carbocycles. The number of rotatable bonds is 8. The lowest BCUT2D eigenvalue weighted by atomic mass is 9.83. The number of halogens is 1. The number of esters is 1. The van der Waals surface area contributed by atoms with Crippen LogP contribution in [0.4, 0.5) is 5.69 Å². The van der Waals surface area contributed by atoms with Crippen LogP contribution in [-0.2, 0) is 20.9 Å². The van der Waals surface area contributed by atoms with Crippen LogP contribution in [0.2, 0.25) is 5.02 Å². The number of ether oxygens (including phenoxy) is 2. The van der Waals surface area contributed by atoms with E-state index >= 15 is 0 Å². The Morgan fingerprint density at radius 2 is 1.67 bits per heavy atom. The fourth-order valence-electron chi connectivity index (χ4n) is 5.91. The van der Waals surface area contributed by atoms with Crippen molar-refractivity contribution in [2.24, 2.45) is 0 Å².